The van der Waals surface area contributed by atoms with Crippen LogP contribution in [-0.2, 0) is 16.0 Å². The van der Waals surface area contributed by atoms with Crippen LogP contribution in [0.3, 0.4) is 0 Å². The third-order valence-corrected chi connectivity index (χ3v) is 6.71. The van der Waals surface area contributed by atoms with Gasteiger partial charge in [-0.2, -0.15) is 0 Å². The molecule has 2 aliphatic rings. The van der Waals surface area contributed by atoms with Crippen LogP contribution in [0.4, 0.5) is 11.4 Å². The van der Waals surface area contributed by atoms with Gasteiger partial charge in [0.2, 0.25) is 0 Å². The Kier molecular flexibility index (Phi) is 6.98. The smallest absolute Gasteiger partial charge is 0.313 e. The second kappa shape index (κ2) is 9.90. The average molecular weight is 456 g/mol. The first kappa shape index (κ1) is 22.6. The molecule has 0 aliphatic carbocycles. The van der Waals surface area contributed by atoms with Gasteiger partial charge in [0.1, 0.15) is 0 Å². The minimum atomic E-state index is -0.717. The molecule has 2 heterocycles. The number of amides is 2. The van der Waals surface area contributed by atoms with Crippen molar-refractivity contribution in [2.24, 2.45) is 0 Å². The molecule has 0 aromatic heterocycles. The second-order valence-corrected chi connectivity index (χ2v) is 8.97. The molecular weight excluding hydrogens is 426 g/mol. The number of anilines is 2. The number of fused-ring (bicyclic) bond motifs is 1. The fourth-order valence-corrected chi connectivity index (χ4v) is 4.58. The van der Waals surface area contributed by atoms with E-state index in [2.05, 4.69) is 57.6 Å². The third kappa shape index (κ3) is 5.06. The van der Waals surface area contributed by atoms with E-state index in [1.54, 1.807) is 24.3 Å². The van der Waals surface area contributed by atoms with Gasteiger partial charge in [-0.05, 0) is 42.8 Å². The van der Waals surface area contributed by atoms with Crippen LogP contribution < -0.4 is 15.5 Å². The summed E-state index contributed by atoms with van der Waals surface area (Å²) in [7, 11) is 4.24. The van der Waals surface area contributed by atoms with Gasteiger partial charge in [0.05, 0.1) is 16.8 Å². The number of benzene rings is 2. The highest BCUT2D eigenvalue weighted by atomic mass is 35.5. The molecule has 2 aliphatic heterocycles. The lowest BCUT2D eigenvalue weighted by Gasteiger charge is -2.38. The molecule has 7 nitrogen and oxygen atoms in total. The van der Waals surface area contributed by atoms with Crippen molar-refractivity contribution in [1.29, 1.82) is 0 Å². The van der Waals surface area contributed by atoms with Crippen LogP contribution in [0, 0.1) is 0 Å². The van der Waals surface area contributed by atoms with Crippen molar-refractivity contribution in [3.8, 4) is 0 Å². The van der Waals surface area contributed by atoms with Gasteiger partial charge in [-0.3, -0.25) is 14.5 Å². The Labute approximate surface area is 194 Å². The van der Waals surface area contributed by atoms with Gasteiger partial charge in [0.15, 0.2) is 0 Å². The molecule has 0 bridgehead atoms. The van der Waals surface area contributed by atoms with Crippen molar-refractivity contribution >= 4 is 34.8 Å². The Morgan fingerprint density at radius 3 is 2.50 bits per heavy atom. The summed E-state index contributed by atoms with van der Waals surface area (Å²) in [5.41, 5.74) is 4.21. The highest BCUT2D eigenvalue weighted by Gasteiger charge is 2.27. The number of halogens is 1. The normalized spacial score (nSPS) is 17.7. The van der Waals surface area contributed by atoms with Crippen LogP contribution in [0.15, 0.2) is 42.5 Å². The van der Waals surface area contributed by atoms with E-state index in [-0.39, 0.29) is 6.04 Å². The standard InChI is InChI=1S/C24H30ClN5O2/c1-28-11-13-30(14-12-28)22(17-7-8-21-18(15-17)9-10-29(21)2)16-26-23(31)24(32)27-20-6-4-3-5-19(20)25/h3-8,15,22H,9-14,16H2,1-2H3,(H,26,31)(H,27,32)/t22-/m1/s1. The summed E-state index contributed by atoms with van der Waals surface area (Å²) in [6, 6.07) is 13.5. The van der Waals surface area contributed by atoms with Crippen molar-refractivity contribution in [1.82, 2.24) is 15.1 Å². The molecule has 1 atom stereocenters. The summed E-state index contributed by atoms with van der Waals surface area (Å²) in [4.78, 5) is 31.9. The highest BCUT2D eigenvalue weighted by Crippen LogP contribution is 2.31. The minimum absolute atomic E-state index is 0.0111. The average Bonchev–Trinajstić information content (AvgIpc) is 3.16. The molecule has 2 aromatic rings. The number of nitrogens with zero attached hydrogens (tertiary/aromatic N) is 3. The number of carbonyl (C=O) groups is 2. The molecule has 0 radical (unpaired) electrons. The quantitative estimate of drug-likeness (QED) is 0.677. The molecule has 0 unspecified atom stereocenters. The van der Waals surface area contributed by atoms with E-state index in [0.29, 0.717) is 17.3 Å². The third-order valence-electron chi connectivity index (χ3n) is 6.38. The molecule has 2 N–H and O–H groups in total. The van der Waals surface area contributed by atoms with E-state index in [4.69, 9.17) is 11.6 Å². The zero-order chi connectivity index (χ0) is 22.7. The van der Waals surface area contributed by atoms with Crippen LogP contribution >= 0.6 is 11.6 Å². The molecule has 2 amide bonds. The zero-order valence-corrected chi connectivity index (χ0v) is 19.4. The predicted octanol–water partition coefficient (Wildman–Crippen LogP) is 2.38. The number of hydrogen-bond donors (Lipinski definition) is 2. The molecule has 0 spiro atoms. The lowest BCUT2D eigenvalue weighted by Crippen LogP contribution is -2.49. The van der Waals surface area contributed by atoms with Crippen LogP contribution in [0.25, 0.3) is 0 Å². The fraction of sp³-hybridized carbons (Fsp3) is 0.417. The van der Waals surface area contributed by atoms with Crippen molar-refractivity contribution in [3.63, 3.8) is 0 Å². The number of rotatable bonds is 5. The van der Waals surface area contributed by atoms with Gasteiger partial charge in [-0.1, -0.05) is 35.9 Å². The van der Waals surface area contributed by atoms with Crippen molar-refractivity contribution in [2.75, 3.05) is 63.6 Å². The van der Waals surface area contributed by atoms with Crippen molar-refractivity contribution in [2.45, 2.75) is 12.5 Å². The maximum absolute atomic E-state index is 12.6. The van der Waals surface area contributed by atoms with Gasteiger partial charge in [-0.15, -0.1) is 0 Å². The first-order chi connectivity index (χ1) is 15.4. The van der Waals surface area contributed by atoms with Gasteiger partial charge >= 0.3 is 11.8 Å². The minimum Gasteiger partial charge on any atom is -0.374 e. The first-order valence-corrected chi connectivity index (χ1v) is 11.4. The molecule has 8 heteroatoms. The molecule has 32 heavy (non-hydrogen) atoms. The number of piperazine rings is 1. The summed E-state index contributed by atoms with van der Waals surface area (Å²) in [5, 5.41) is 5.83. The lowest BCUT2D eigenvalue weighted by atomic mass is 10.00. The first-order valence-electron chi connectivity index (χ1n) is 11.0. The fourth-order valence-electron chi connectivity index (χ4n) is 4.40. The van der Waals surface area contributed by atoms with Gasteiger partial charge in [0, 0.05) is 52.0 Å². The number of carbonyl (C=O) groups excluding carboxylic acids is 2. The van der Waals surface area contributed by atoms with Crippen molar-refractivity contribution in [3.05, 3.63) is 58.6 Å². The lowest BCUT2D eigenvalue weighted by molar-refractivity contribution is -0.136. The van der Waals surface area contributed by atoms with Crippen LogP contribution in [0.2, 0.25) is 5.02 Å². The van der Waals surface area contributed by atoms with E-state index in [1.165, 1.54) is 16.8 Å². The van der Waals surface area contributed by atoms with Crippen LogP contribution in [0.5, 0.6) is 0 Å². The SMILES string of the molecule is CN1CCN([C@H](CNC(=O)C(=O)Nc2ccccc2Cl)c2ccc3c(c2)CCN3C)CC1. The second-order valence-electron chi connectivity index (χ2n) is 8.56. The number of para-hydroxylation sites is 1. The summed E-state index contributed by atoms with van der Waals surface area (Å²) in [6.07, 6.45) is 1.03. The number of likely N-dealkylation sites (N-methyl/N-ethyl adjacent to an activating group) is 2. The molecular formula is C24H30ClN5O2. The van der Waals surface area contributed by atoms with Crippen LogP contribution in [0.1, 0.15) is 17.2 Å². The zero-order valence-electron chi connectivity index (χ0n) is 18.6. The molecule has 0 saturated carbocycles. The largest absolute Gasteiger partial charge is 0.374 e. The predicted molar refractivity (Wildman–Crippen MR) is 128 cm³/mol. The van der Waals surface area contributed by atoms with E-state index in [1.807, 2.05) is 0 Å². The molecule has 1 fully saturated rings. The van der Waals surface area contributed by atoms with Gasteiger partial charge in [-0.25, -0.2) is 0 Å². The Hall–Kier alpha value is -2.61. The summed E-state index contributed by atoms with van der Waals surface area (Å²) < 4.78 is 0. The van der Waals surface area contributed by atoms with E-state index in [0.717, 1.165) is 39.1 Å². The Balaban J connectivity index is 1.46. The molecule has 4 rings (SSSR count). The molecule has 2 aromatic carbocycles. The molecule has 170 valence electrons. The number of nitrogens with one attached hydrogen (secondary N) is 2. The van der Waals surface area contributed by atoms with E-state index in [9.17, 15) is 9.59 Å². The summed E-state index contributed by atoms with van der Waals surface area (Å²) in [5.74, 6) is -1.38. The molecule has 1 saturated heterocycles. The summed E-state index contributed by atoms with van der Waals surface area (Å²) >= 11 is 6.09. The Morgan fingerprint density at radius 2 is 1.75 bits per heavy atom. The monoisotopic (exact) mass is 455 g/mol. The Bertz CT molecular complexity index is 990. The van der Waals surface area contributed by atoms with E-state index < -0.39 is 11.8 Å². The topological polar surface area (TPSA) is 67.9 Å². The summed E-state index contributed by atoms with van der Waals surface area (Å²) in [6.45, 7) is 5.18. The van der Waals surface area contributed by atoms with Gasteiger partial charge in [0.25, 0.3) is 0 Å². The maximum Gasteiger partial charge on any atom is 0.313 e. The van der Waals surface area contributed by atoms with E-state index >= 15 is 0 Å². The highest BCUT2D eigenvalue weighted by molar-refractivity contribution is 6.41. The van der Waals surface area contributed by atoms with Crippen LogP contribution in [-0.4, -0.2) is 75.0 Å². The Morgan fingerprint density at radius 1 is 1.00 bits per heavy atom. The maximum atomic E-state index is 12.6. The van der Waals surface area contributed by atoms with Gasteiger partial charge < -0.3 is 20.4 Å². The number of hydrogen-bond acceptors (Lipinski definition) is 5. The van der Waals surface area contributed by atoms with Crippen molar-refractivity contribution < 1.29 is 9.59 Å².